The monoisotopic (exact) mass is 357 g/mol. The lowest BCUT2D eigenvalue weighted by Gasteiger charge is -2.26. The topological polar surface area (TPSA) is 49.8 Å². The van der Waals surface area contributed by atoms with Gasteiger partial charge in [0.15, 0.2) is 6.23 Å². The van der Waals surface area contributed by atoms with Crippen LogP contribution < -0.4 is 0 Å². The molecule has 4 nitrogen and oxygen atoms in total. The molecule has 0 aromatic carbocycles. The summed E-state index contributed by atoms with van der Waals surface area (Å²) in [5, 5.41) is 9.60. The van der Waals surface area contributed by atoms with E-state index < -0.39 is 12.3 Å². The van der Waals surface area contributed by atoms with E-state index in [-0.39, 0.29) is 5.97 Å². The highest BCUT2D eigenvalue weighted by atomic mass is 16.6. The number of carbonyl (C=O) groups is 1. The highest BCUT2D eigenvalue weighted by Crippen LogP contribution is 2.13. The van der Waals surface area contributed by atoms with Gasteiger partial charge in [-0.25, -0.2) is 0 Å². The molecule has 0 radical (unpaired) electrons. The third kappa shape index (κ3) is 15.4. The second-order valence-electron chi connectivity index (χ2n) is 7.58. The summed E-state index contributed by atoms with van der Waals surface area (Å²) in [6.45, 7) is 3.90. The van der Waals surface area contributed by atoms with Crippen LogP contribution in [0.25, 0.3) is 0 Å². The molecule has 0 saturated heterocycles. The fourth-order valence-corrected chi connectivity index (χ4v) is 3.12. The largest absolute Gasteiger partial charge is 0.444 e. The van der Waals surface area contributed by atoms with Crippen LogP contribution in [0.4, 0.5) is 0 Å². The number of esters is 1. The summed E-state index contributed by atoms with van der Waals surface area (Å²) < 4.78 is 5.32. The Bertz CT molecular complexity index is 298. The summed E-state index contributed by atoms with van der Waals surface area (Å²) in [6, 6.07) is 0. The van der Waals surface area contributed by atoms with Crippen molar-refractivity contribution >= 4 is 5.97 Å². The van der Waals surface area contributed by atoms with Crippen molar-refractivity contribution in [3.8, 4) is 0 Å². The number of ether oxygens (including phenoxy) is 1. The Balaban J connectivity index is 3.39. The summed E-state index contributed by atoms with van der Waals surface area (Å²) in [7, 11) is 3.60. The molecular formula is C21H43NO3. The number of nitrogens with zero attached hydrogens (tertiary/aromatic N) is 1. The number of aliphatic hydroxyl groups excluding tert-OH is 1. The molecule has 0 amide bonds. The highest BCUT2D eigenvalue weighted by Gasteiger charge is 2.21. The first-order valence-corrected chi connectivity index (χ1v) is 10.5. The zero-order chi connectivity index (χ0) is 18.9. The second-order valence-corrected chi connectivity index (χ2v) is 7.58. The van der Waals surface area contributed by atoms with E-state index in [0.29, 0.717) is 6.42 Å². The normalized spacial score (nSPS) is 13.8. The number of aliphatic hydroxyl groups is 1. The lowest BCUT2D eigenvalue weighted by atomic mass is 10.0. The molecule has 0 heterocycles. The van der Waals surface area contributed by atoms with Crippen molar-refractivity contribution in [2.45, 2.75) is 116 Å². The van der Waals surface area contributed by atoms with E-state index >= 15 is 0 Å². The Kier molecular flexibility index (Phi) is 16.4. The molecule has 0 aromatic heterocycles. The molecule has 0 bridgehead atoms. The average molecular weight is 358 g/mol. The van der Waals surface area contributed by atoms with Crippen molar-refractivity contribution in [2.75, 3.05) is 14.1 Å². The molecule has 0 spiro atoms. The molecule has 0 aliphatic carbocycles. The molecule has 1 N–H and O–H groups in total. The highest BCUT2D eigenvalue weighted by molar-refractivity contribution is 5.69. The predicted molar refractivity (Wildman–Crippen MR) is 106 cm³/mol. The maximum atomic E-state index is 11.8. The average Bonchev–Trinajstić information content (AvgIpc) is 2.56. The zero-order valence-corrected chi connectivity index (χ0v) is 17.3. The summed E-state index contributed by atoms with van der Waals surface area (Å²) in [5.74, 6) is -0.206. The van der Waals surface area contributed by atoms with Crippen LogP contribution >= 0.6 is 0 Å². The first-order valence-electron chi connectivity index (χ1n) is 10.5. The van der Waals surface area contributed by atoms with Crippen LogP contribution in [-0.2, 0) is 9.53 Å². The molecule has 0 aliphatic heterocycles. The molecule has 0 aliphatic rings. The minimum atomic E-state index is -0.675. The van der Waals surface area contributed by atoms with Crippen molar-refractivity contribution in [3.63, 3.8) is 0 Å². The van der Waals surface area contributed by atoms with Gasteiger partial charge >= 0.3 is 5.97 Å². The second kappa shape index (κ2) is 16.8. The van der Waals surface area contributed by atoms with E-state index in [1.807, 2.05) is 0 Å². The Hall–Kier alpha value is -0.610. The number of hydrogen-bond acceptors (Lipinski definition) is 4. The molecule has 0 aromatic rings. The van der Waals surface area contributed by atoms with Gasteiger partial charge in [0.1, 0.15) is 6.10 Å². The summed E-state index contributed by atoms with van der Waals surface area (Å²) in [6.07, 6.45) is 16.1. The number of unbranched alkanes of at least 4 members (excludes halogenated alkanes) is 12. The maximum Gasteiger partial charge on any atom is 0.307 e. The van der Waals surface area contributed by atoms with E-state index in [2.05, 4.69) is 6.92 Å². The van der Waals surface area contributed by atoms with Gasteiger partial charge in [0.25, 0.3) is 0 Å². The van der Waals surface area contributed by atoms with Crippen molar-refractivity contribution in [1.29, 1.82) is 0 Å². The van der Waals surface area contributed by atoms with Crippen LogP contribution in [0.5, 0.6) is 0 Å². The molecule has 2 unspecified atom stereocenters. The first kappa shape index (κ1) is 24.4. The van der Waals surface area contributed by atoms with Crippen LogP contribution in [0.3, 0.4) is 0 Å². The molecule has 25 heavy (non-hydrogen) atoms. The Morgan fingerprint density at radius 1 is 0.840 bits per heavy atom. The van der Waals surface area contributed by atoms with Gasteiger partial charge in [0.2, 0.25) is 0 Å². The van der Waals surface area contributed by atoms with Gasteiger partial charge in [0.05, 0.1) is 0 Å². The molecule has 150 valence electrons. The quantitative estimate of drug-likeness (QED) is 0.219. The van der Waals surface area contributed by atoms with Crippen LogP contribution in [-0.4, -0.2) is 42.4 Å². The van der Waals surface area contributed by atoms with Crippen molar-refractivity contribution in [2.24, 2.45) is 0 Å². The fraction of sp³-hybridized carbons (Fsp3) is 0.952. The van der Waals surface area contributed by atoms with E-state index in [1.54, 1.807) is 25.9 Å². The zero-order valence-electron chi connectivity index (χ0n) is 17.3. The SMILES string of the molecule is CCCCCCCCCCCCCCCC(=O)OC(C(C)O)N(C)C. The lowest BCUT2D eigenvalue weighted by Crippen LogP contribution is -2.41. The van der Waals surface area contributed by atoms with Gasteiger partial charge in [-0.3, -0.25) is 9.69 Å². The smallest absolute Gasteiger partial charge is 0.307 e. The molecule has 2 atom stereocenters. The maximum absolute atomic E-state index is 11.8. The molecular weight excluding hydrogens is 314 g/mol. The number of likely N-dealkylation sites (N-methyl/N-ethyl adjacent to an activating group) is 1. The molecule has 0 rings (SSSR count). The van der Waals surface area contributed by atoms with Gasteiger partial charge in [-0.1, -0.05) is 84.0 Å². The standard InChI is InChI=1S/C21H43NO3/c1-5-6-7-8-9-10-11-12-13-14-15-16-17-18-20(24)25-21(19(2)23)22(3)4/h19,21,23H,5-18H2,1-4H3. The van der Waals surface area contributed by atoms with Gasteiger partial charge in [-0.05, 0) is 27.4 Å². The Morgan fingerprint density at radius 2 is 1.24 bits per heavy atom. The van der Waals surface area contributed by atoms with Crippen LogP contribution in [0.2, 0.25) is 0 Å². The molecule has 4 heteroatoms. The summed E-state index contributed by atoms with van der Waals surface area (Å²) >= 11 is 0. The number of hydrogen-bond donors (Lipinski definition) is 1. The first-order chi connectivity index (χ1) is 12.0. The Labute approximate surface area is 156 Å². The van der Waals surface area contributed by atoms with Gasteiger partial charge in [-0.15, -0.1) is 0 Å². The summed E-state index contributed by atoms with van der Waals surface area (Å²) in [5.41, 5.74) is 0. The third-order valence-electron chi connectivity index (χ3n) is 4.66. The fourth-order valence-electron chi connectivity index (χ4n) is 3.12. The van der Waals surface area contributed by atoms with Crippen LogP contribution in [0, 0.1) is 0 Å². The van der Waals surface area contributed by atoms with Crippen LogP contribution in [0.1, 0.15) is 104 Å². The van der Waals surface area contributed by atoms with Crippen molar-refractivity contribution in [1.82, 2.24) is 4.90 Å². The Morgan fingerprint density at radius 3 is 1.60 bits per heavy atom. The van der Waals surface area contributed by atoms with E-state index in [9.17, 15) is 9.90 Å². The van der Waals surface area contributed by atoms with Crippen molar-refractivity contribution < 1.29 is 14.6 Å². The van der Waals surface area contributed by atoms with Gasteiger partial charge in [0, 0.05) is 6.42 Å². The lowest BCUT2D eigenvalue weighted by molar-refractivity contribution is -0.167. The van der Waals surface area contributed by atoms with Crippen molar-refractivity contribution in [3.05, 3.63) is 0 Å². The number of carbonyl (C=O) groups excluding carboxylic acids is 1. The molecule has 0 fully saturated rings. The van der Waals surface area contributed by atoms with E-state index in [1.165, 1.54) is 70.6 Å². The van der Waals surface area contributed by atoms with Crippen LogP contribution in [0.15, 0.2) is 0 Å². The number of rotatable bonds is 17. The van der Waals surface area contributed by atoms with Gasteiger partial charge < -0.3 is 9.84 Å². The van der Waals surface area contributed by atoms with Gasteiger partial charge in [-0.2, -0.15) is 0 Å². The van der Waals surface area contributed by atoms with E-state index in [0.717, 1.165) is 12.8 Å². The van der Waals surface area contributed by atoms with E-state index in [4.69, 9.17) is 4.74 Å². The minimum absolute atomic E-state index is 0.206. The molecule has 0 saturated carbocycles. The third-order valence-corrected chi connectivity index (χ3v) is 4.66. The summed E-state index contributed by atoms with van der Waals surface area (Å²) in [4.78, 5) is 13.5. The minimum Gasteiger partial charge on any atom is -0.444 e. The predicted octanol–water partition coefficient (Wildman–Crippen LogP) is 5.28.